The van der Waals surface area contributed by atoms with Crippen molar-refractivity contribution in [2.24, 2.45) is 0 Å². The second-order valence-corrected chi connectivity index (χ2v) is 9.60. The minimum atomic E-state index is -0.612. The van der Waals surface area contributed by atoms with Crippen LogP contribution in [0.5, 0.6) is 5.75 Å². The summed E-state index contributed by atoms with van der Waals surface area (Å²) in [5, 5.41) is 0. The highest BCUT2D eigenvalue weighted by Crippen LogP contribution is 2.37. The van der Waals surface area contributed by atoms with Gasteiger partial charge in [-0.3, -0.25) is 0 Å². The first kappa shape index (κ1) is 21.2. The molecule has 0 amide bonds. The Morgan fingerprint density at radius 1 is 0.710 bits per heavy atom. The van der Waals surface area contributed by atoms with Crippen LogP contribution in [0.4, 0.5) is 4.39 Å². The van der Waals surface area contributed by atoms with Gasteiger partial charge in [0.1, 0.15) is 5.60 Å². The molecule has 0 bridgehead atoms. The van der Waals surface area contributed by atoms with Crippen LogP contribution in [0.2, 0.25) is 0 Å². The number of halogens is 1. The van der Waals surface area contributed by atoms with Crippen molar-refractivity contribution in [3.8, 4) is 5.75 Å². The van der Waals surface area contributed by atoms with E-state index in [0.29, 0.717) is 0 Å². The van der Waals surface area contributed by atoms with Crippen LogP contribution in [0.25, 0.3) is 0 Å². The van der Waals surface area contributed by atoms with Crippen molar-refractivity contribution < 1.29 is 9.13 Å². The van der Waals surface area contributed by atoms with E-state index in [-0.39, 0.29) is 22.5 Å². The van der Waals surface area contributed by atoms with E-state index >= 15 is 0 Å². The maximum atomic E-state index is 14.9. The summed E-state index contributed by atoms with van der Waals surface area (Å²) in [6, 6.07) is 36.0. The van der Waals surface area contributed by atoms with E-state index in [0.717, 1.165) is 16.9 Å². The SMILES string of the molecule is CCC(C)(Oc1cc([S+](c2ccccc2)c2ccccc2)ccc1F)c1ccccc1. The fourth-order valence-corrected chi connectivity index (χ4v) is 5.68. The Kier molecular flexibility index (Phi) is 6.43. The molecule has 0 aliphatic rings. The van der Waals surface area contributed by atoms with Crippen molar-refractivity contribution in [2.45, 2.75) is 40.6 Å². The first-order valence-corrected chi connectivity index (χ1v) is 11.7. The van der Waals surface area contributed by atoms with Gasteiger partial charge in [0.2, 0.25) is 0 Å². The zero-order chi connectivity index (χ0) is 21.7. The molecular formula is C28H26FOS+. The lowest BCUT2D eigenvalue weighted by Gasteiger charge is -2.30. The van der Waals surface area contributed by atoms with Gasteiger partial charge in [0, 0.05) is 6.07 Å². The van der Waals surface area contributed by atoms with E-state index in [9.17, 15) is 4.39 Å². The predicted octanol–water partition coefficient (Wildman–Crippen LogP) is 7.63. The molecule has 31 heavy (non-hydrogen) atoms. The smallest absolute Gasteiger partial charge is 0.170 e. The number of hydrogen-bond donors (Lipinski definition) is 0. The number of benzene rings is 4. The summed E-state index contributed by atoms with van der Waals surface area (Å²) in [5.41, 5.74) is 0.422. The second kappa shape index (κ2) is 9.40. The number of rotatable bonds is 7. The lowest BCUT2D eigenvalue weighted by Crippen LogP contribution is -2.29. The van der Waals surface area contributed by atoms with Gasteiger partial charge in [-0.1, -0.05) is 73.7 Å². The van der Waals surface area contributed by atoms with Crippen LogP contribution in [-0.2, 0) is 16.5 Å². The minimum absolute atomic E-state index is 0.287. The van der Waals surface area contributed by atoms with E-state index in [4.69, 9.17) is 4.74 Å². The van der Waals surface area contributed by atoms with Crippen molar-refractivity contribution in [3.63, 3.8) is 0 Å². The fraction of sp³-hybridized carbons (Fsp3) is 0.143. The molecule has 1 atom stereocenters. The highest BCUT2D eigenvalue weighted by molar-refractivity contribution is 7.97. The molecule has 1 nitrogen and oxygen atoms in total. The van der Waals surface area contributed by atoms with Gasteiger partial charge in [-0.15, -0.1) is 0 Å². The summed E-state index contributed by atoms with van der Waals surface area (Å²) in [5.74, 6) is -0.0564. The fourth-order valence-electron chi connectivity index (χ4n) is 3.58. The van der Waals surface area contributed by atoms with Crippen molar-refractivity contribution in [2.75, 3.05) is 0 Å². The standard InChI is InChI=1S/C28H26FOS/c1-3-28(2,22-13-7-4-8-14-22)30-27-21-25(19-20-26(27)29)31(23-15-9-5-10-16-23)24-17-11-6-12-18-24/h4-21H,3H2,1-2H3/q+1. The third kappa shape index (κ3) is 4.67. The van der Waals surface area contributed by atoms with E-state index in [1.165, 1.54) is 15.9 Å². The molecule has 0 fully saturated rings. The monoisotopic (exact) mass is 429 g/mol. The first-order chi connectivity index (χ1) is 15.1. The van der Waals surface area contributed by atoms with Crippen molar-refractivity contribution in [3.05, 3.63) is 121 Å². The largest absolute Gasteiger partial charge is 0.480 e. The molecule has 156 valence electrons. The molecule has 0 aliphatic heterocycles. The van der Waals surface area contributed by atoms with Gasteiger partial charge in [0.15, 0.2) is 26.3 Å². The Bertz CT molecular complexity index is 1080. The maximum absolute atomic E-state index is 14.9. The first-order valence-electron chi connectivity index (χ1n) is 10.5. The van der Waals surface area contributed by atoms with Gasteiger partial charge >= 0.3 is 0 Å². The molecule has 0 saturated carbocycles. The maximum Gasteiger partial charge on any atom is 0.170 e. The van der Waals surface area contributed by atoms with Crippen molar-refractivity contribution >= 4 is 10.9 Å². The predicted molar refractivity (Wildman–Crippen MR) is 126 cm³/mol. The molecule has 0 saturated heterocycles. The average Bonchev–Trinajstić information content (AvgIpc) is 2.83. The molecule has 4 aromatic rings. The lowest BCUT2D eigenvalue weighted by atomic mass is 9.93. The number of ether oxygens (including phenoxy) is 1. The molecule has 0 aliphatic carbocycles. The van der Waals surface area contributed by atoms with Crippen LogP contribution in [0, 0.1) is 5.82 Å². The third-order valence-electron chi connectivity index (χ3n) is 5.49. The zero-order valence-electron chi connectivity index (χ0n) is 17.8. The highest BCUT2D eigenvalue weighted by atomic mass is 32.2. The minimum Gasteiger partial charge on any atom is -0.480 e. The Morgan fingerprint density at radius 2 is 1.23 bits per heavy atom. The van der Waals surface area contributed by atoms with Crippen LogP contribution in [-0.4, -0.2) is 0 Å². The van der Waals surface area contributed by atoms with Gasteiger partial charge in [-0.05, 0) is 55.3 Å². The Labute approximate surface area is 186 Å². The zero-order valence-corrected chi connectivity index (χ0v) is 18.6. The quantitative estimate of drug-likeness (QED) is 0.274. The summed E-state index contributed by atoms with van der Waals surface area (Å²) < 4.78 is 21.3. The summed E-state index contributed by atoms with van der Waals surface area (Å²) in [6.07, 6.45) is 0.726. The Hall–Kier alpha value is -3.04. The molecule has 4 rings (SSSR count). The molecule has 1 unspecified atom stereocenters. The third-order valence-corrected chi connectivity index (χ3v) is 7.70. The summed E-state index contributed by atoms with van der Waals surface area (Å²) in [7, 11) is -0.355. The van der Waals surface area contributed by atoms with Gasteiger partial charge in [-0.25, -0.2) is 4.39 Å². The lowest BCUT2D eigenvalue weighted by molar-refractivity contribution is 0.0770. The van der Waals surface area contributed by atoms with Crippen LogP contribution in [0.1, 0.15) is 25.8 Å². The second-order valence-electron chi connectivity index (χ2n) is 7.58. The molecule has 0 spiro atoms. The van der Waals surface area contributed by atoms with Crippen LogP contribution < -0.4 is 4.74 Å². The van der Waals surface area contributed by atoms with Crippen molar-refractivity contribution in [1.82, 2.24) is 0 Å². The van der Waals surface area contributed by atoms with Gasteiger partial charge in [0.25, 0.3) is 0 Å². The van der Waals surface area contributed by atoms with Crippen LogP contribution >= 0.6 is 0 Å². The summed E-state index contributed by atoms with van der Waals surface area (Å²) >= 11 is 0. The normalized spacial score (nSPS) is 13.0. The van der Waals surface area contributed by atoms with Crippen LogP contribution in [0.3, 0.4) is 0 Å². The Balaban J connectivity index is 1.77. The van der Waals surface area contributed by atoms with Gasteiger partial charge in [0.05, 0.1) is 10.9 Å². The molecule has 0 N–H and O–H groups in total. The van der Waals surface area contributed by atoms with E-state index in [1.807, 2.05) is 85.8 Å². The van der Waals surface area contributed by atoms with Crippen molar-refractivity contribution in [1.29, 1.82) is 0 Å². The highest BCUT2D eigenvalue weighted by Gasteiger charge is 2.32. The molecule has 0 heterocycles. The molecule has 4 aromatic carbocycles. The van der Waals surface area contributed by atoms with Gasteiger partial charge < -0.3 is 4.74 Å². The molecule has 0 aromatic heterocycles. The molecular weight excluding hydrogens is 403 g/mol. The molecule has 3 heteroatoms. The van der Waals surface area contributed by atoms with E-state index in [2.05, 4.69) is 31.2 Å². The topological polar surface area (TPSA) is 9.23 Å². The number of hydrogen-bond acceptors (Lipinski definition) is 1. The van der Waals surface area contributed by atoms with Crippen LogP contribution in [0.15, 0.2) is 124 Å². The molecule has 0 radical (unpaired) electrons. The van der Waals surface area contributed by atoms with E-state index < -0.39 is 5.60 Å². The average molecular weight is 430 g/mol. The van der Waals surface area contributed by atoms with Gasteiger partial charge in [-0.2, -0.15) is 0 Å². The summed E-state index contributed by atoms with van der Waals surface area (Å²) in [4.78, 5) is 3.40. The van der Waals surface area contributed by atoms with E-state index in [1.54, 1.807) is 0 Å². The Morgan fingerprint density at radius 3 is 1.74 bits per heavy atom. The summed E-state index contributed by atoms with van der Waals surface area (Å²) in [6.45, 7) is 4.08.